The van der Waals surface area contributed by atoms with E-state index in [0.717, 1.165) is 31.3 Å². The maximum absolute atomic E-state index is 11.7. The fourth-order valence-corrected chi connectivity index (χ4v) is 6.04. The SMILES string of the molecule is CC[C@H](C)[C@H]1O[C@@]2(CCC[C@@H](C/C=C(\C)[C@@H](O)[C@@H](C)/C=C/C=C(/C)c3cc(O)c(C)cc3C(=O)O)O2)C[C@H](O)[C@H]1C. The van der Waals surface area contributed by atoms with Crippen LogP contribution in [0.25, 0.3) is 5.57 Å². The minimum atomic E-state index is -1.05. The fourth-order valence-electron chi connectivity index (χ4n) is 6.04. The van der Waals surface area contributed by atoms with Crippen molar-refractivity contribution in [2.24, 2.45) is 17.8 Å². The number of carboxylic acid groups (broad SMARTS) is 1. The van der Waals surface area contributed by atoms with Crippen LogP contribution in [-0.2, 0) is 9.47 Å². The van der Waals surface area contributed by atoms with Gasteiger partial charge < -0.3 is 29.9 Å². The monoisotopic (exact) mass is 570 g/mol. The van der Waals surface area contributed by atoms with Crippen LogP contribution in [0.5, 0.6) is 5.75 Å². The third-order valence-corrected chi connectivity index (χ3v) is 9.09. The highest BCUT2D eigenvalue weighted by atomic mass is 16.7. The largest absolute Gasteiger partial charge is 0.508 e. The van der Waals surface area contributed by atoms with E-state index in [-0.39, 0.29) is 35.4 Å². The summed E-state index contributed by atoms with van der Waals surface area (Å²) in [7, 11) is 0. The lowest BCUT2D eigenvalue weighted by atomic mass is 9.80. The summed E-state index contributed by atoms with van der Waals surface area (Å²) in [6.07, 6.45) is 11.2. The van der Waals surface area contributed by atoms with E-state index < -0.39 is 24.0 Å². The zero-order chi connectivity index (χ0) is 30.5. The molecule has 41 heavy (non-hydrogen) atoms. The first-order valence-electron chi connectivity index (χ1n) is 15.1. The Hall–Kier alpha value is -2.45. The van der Waals surface area contributed by atoms with Crippen molar-refractivity contribution in [3.05, 3.63) is 58.7 Å². The number of ether oxygens (including phenoxy) is 2. The van der Waals surface area contributed by atoms with Gasteiger partial charge in [-0.3, -0.25) is 0 Å². The molecule has 0 aromatic heterocycles. The van der Waals surface area contributed by atoms with Gasteiger partial charge in [0.25, 0.3) is 0 Å². The molecule has 2 heterocycles. The number of aliphatic hydroxyl groups is 2. The summed E-state index contributed by atoms with van der Waals surface area (Å²) in [5.74, 6) is -1.49. The van der Waals surface area contributed by atoms with Gasteiger partial charge in [-0.15, -0.1) is 0 Å². The van der Waals surface area contributed by atoms with E-state index in [9.17, 15) is 25.2 Å². The summed E-state index contributed by atoms with van der Waals surface area (Å²) in [6.45, 7) is 13.7. The molecule has 7 nitrogen and oxygen atoms in total. The lowest BCUT2D eigenvalue weighted by Gasteiger charge is -2.51. The molecule has 0 aliphatic carbocycles. The quantitative estimate of drug-likeness (QED) is 0.181. The highest BCUT2D eigenvalue weighted by molar-refractivity contribution is 5.94. The second-order valence-electron chi connectivity index (χ2n) is 12.4. The minimum absolute atomic E-state index is 0.0284. The highest BCUT2D eigenvalue weighted by Crippen LogP contribution is 2.44. The molecule has 0 saturated carbocycles. The predicted octanol–water partition coefficient (Wildman–Crippen LogP) is 6.79. The summed E-state index contributed by atoms with van der Waals surface area (Å²) < 4.78 is 13.1. The number of carboxylic acids is 1. The van der Waals surface area contributed by atoms with Gasteiger partial charge in [0.1, 0.15) is 5.75 Å². The summed E-state index contributed by atoms with van der Waals surface area (Å²) in [5.41, 5.74) is 2.67. The number of rotatable bonds is 10. The van der Waals surface area contributed by atoms with Crippen LogP contribution < -0.4 is 0 Å². The van der Waals surface area contributed by atoms with Crippen molar-refractivity contribution in [3.8, 4) is 5.75 Å². The average molecular weight is 571 g/mol. The van der Waals surface area contributed by atoms with Gasteiger partial charge in [0, 0.05) is 24.7 Å². The van der Waals surface area contributed by atoms with Crippen molar-refractivity contribution in [1.82, 2.24) is 0 Å². The molecular weight excluding hydrogens is 520 g/mol. The number of hydrogen-bond donors (Lipinski definition) is 4. The van der Waals surface area contributed by atoms with Crippen molar-refractivity contribution in [1.29, 1.82) is 0 Å². The van der Waals surface area contributed by atoms with Gasteiger partial charge in [-0.25, -0.2) is 4.79 Å². The Morgan fingerprint density at radius 1 is 1.20 bits per heavy atom. The van der Waals surface area contributed by atoms with Crippen LogP contribution in [-0.4, -0.2) is 56.6 Å². The van der Waals surface area contributed by atoms with Crippen molar-refractivity contribution in [2.75, 3.05) is 0 Å². The third-order valence-electron chi connectivity index (χ3n) is 9.09. The number of carbonyl (C=O) groups is 1. The lowest BCUT2D eigenvalue weighted by Crippen LogP contribution is -2.56. The van der Waals surface area contributed by atoms with Crippen LogP contribution in [0.4, 0.5) is 0 Å². The molecule has 0 unspecified atom stereocenters. The molecule has 1 aromatic rings. The summed E-state index contributed by atoms with van der Waals surface area (Å²) >= 11 is 0. The molecule has 228 valence electrons. The van der Waals surface area contributed by atoms with Crippen LogP contribution in [0.3, 0.4) is 0 Å². The standard InChI is InChI=1S/C34H50O7/c1-8-20(2)32-25(7)30(36)19-34(41-32)16-10-13-26(40-34)15-14-23(5)31(37)22(4)12-9-11-21(3)27-18-29(35)24(6)17-28(27)33(38)39/h9,11-12,14,17-18,20,22,25-26,30-32,35-37H,8,10,13,15-16,19H2,1-7H3,(H,38,39)/b12-9+,21-11-,23-14+/t20-,22-,25+,26-,30-,31-,32+,34-/m0/s1. The Labute approximate surface area is 245 Å². The molecular formula is C34H50O7. The molecule has 0 radical (unpaired) electrons. The van der Waals surface area contributed by atoms with E-state index in [1.807, 2.05) is 32.1 Å². The predicted molar refractivity (Wildman–Crippen MR) is 162 cm³/mol. The molecule has 2 saturated heterocycles. The Morgan fingerprint density at radius 2 is 1.90 bits per heavy atom. The van der Waals surface area contributed by atoms with Crippen molar-refractivity contribution in [3.63, 3.8) is 0 Å². The van der Waals surface area contributed by atoms with Gasteiger partial charge in [0.15, 0.2) is 5.79 Å². The molecule has 3 rings (SSSR count). The topological polar surface area (TPSA) is 116 Å². The number of aromatic hydroxyl groups is 1. The van der Waals surface area contributed by atoms with Crippen LogP contribution >= 0.6 is 0 Å². The van der Waals surface area contributed by atoms with Crippen LogP contribution in [0, 0.1) is 24.7 Å². The maximum Gasteiger partial charge on any atom is 0.336 e. The van der Waals surface area contributed by atoms with Gasteiger partial charge in [-0.05, 0) is 80.4 Å². The van der Waals surface area contributed by atoms with Gasteiger partial charge in [0.2, 0.25) is 0 Å². The zero-order valence-electron chi connectivity index (χ0n) is 25.8. The van der Waals surface area contributed by atoms with E-state index >= 15 is 0 Å². The Bertz CT molecular complexity index is 1150. The normalized spacial score (nSPS) is 30.0. The molecule has 1 aromatic carbocycles. The van der Waals surface area contributed by atoms with Gasteiger partial charge in [-0.2, -0.15) is 0 Å². The Balaban J connectivity index is 1.63. The number of aryl methyl sites for hydroxylation is 1. The molecule has 1 spiro atoms. The van der Waals surface area contributed by atoms with Crippen molar-refractivity contribution in [2.45, 2.75) is 117 Å². The lowest BCUT2D eigenvalue weighted by molar-refractivity contribution is -0.343. The van der Waals surface area contributed by atoms with Crippen LogP contribution in [0.1, 0.15) is 102 Å². The highest BCUT2D eigenvalue weighted by Gasteiger charge is 2.49. The van der Waals surface area contributed by atoms with Crippen LogP contribution in [0.2, 0.25) is 0 Å². The number of phenolic OH excluding ortho intramolecular Hbond substituents is 1. The van der Waals surface area contributed by atoms with E-state index in [0.29, 0.717) is 35.5 Å². The number of hydrogen-bond acceptors (Lipinski definition) is 6. The van der Waals surface area contributed by atoms with Gasteiger partial charge in [0.05, 0.1) is 30.0 Å². The van der Waals surface area contributed by atoms with E-state index in [4.69, 9.17) is 9.47 Å². The number of benzene rings is 1. The molecule has 0 bridgehead atoms. The first-order valence-corrected chi connectivity index (χ1v) is 15.1. The molecule has 4 N–H and O–H groups in total. The second kappa shape index (κ2) is 14.1. The number of aliphatic hydroxyl groups excluding tert-OH is 2. The molecule has 2 fully saturated rings. The molecule has 2 aliphatic rings. The summed E-state index contributed by atoms with van der Waals surface area (Å²) in [5, 5.41) is 41.4. The smallest absolute Gasteiger partial charge is 0.336 e. The summed E-state index contributed by atoms with van der Waals surface area (Å²) in [4.78, 5) is 11.7. The second-order valence-corrected chi connectivity index (χ2v) is 12.4. The zero-order valence-corrected chi connectivity index (χ0v) is 25.8. The Kier molecular flexibility index (Phi) is 11.4. The van der Waals surface area contributed by atoms with Crippen molar-refractivity contribution >= 4 is 11.5 Å². The molecule has 8 atom stereocenters. The first-order chi connectivity index (χ1) is 19.3. The molecule has 0 amide bonds. The van der Waals surface area contributed by atoms with Crippen molar-refractivity contribution < 1.29 is 34.7 Å². The van der Waals surface area contributed by atoms with E-state index in [1.54, 1.807) is 19.9 Å². The average Bonchev–Trinajstić information content (AvgIpc) is 2.93. The molecule has 2 aliphatic heterocycles. The van der Waals surface area contributed by atoms with Gasteiger partial charge in [-0.1, -0.05) is 58.4 Å². The first kappa shape index (κ1) is 33.1. The van der Waals surface area contributed by atoms with Gasteiger partial charge >= 0.3 is 5.97 Å². The fraction of sp³-hybridized carbons (Fsp3) is 0.618. The van der Waals surface area contributed by atoms with E-state index in [2.05, 4.69) is 20.8 Å². The van der Waals surface area contributed by atoms with E-state index in [1.165, 1.54) is 12.1 Å². The summed E-state index contributed by atoms with van der Waals surface area (Å²) in [6, 6.07) is 2.95. The number of aromatic carboxylic acids is 1. The third kappa shape index (κ3) is 8.10. The van der Waals surface area contributed by atoms with Crippen LogP contribution in [0.15, 0.2) is 42.0 Å². The maximum atomic E-state index is 11.7. The number of allylic oxidation sites excluding steroid dienone is 3. The Morgan fingerprint density at radius 3 is 2.56 bits per heavy atom. The number of phenols is 1. The minimum Gasteiger partial charge on any atom is -0.508 e. The molecule has 7 heteroatoms.